The Kier molecular flexibility index (Phi) is 11.4. The summed E-state index contributed by atoms with van der Waals surface area (Å²) in [6, 6.07) is 11.0. The van der Waals surface area contributed by atoms with Crippen molar-refractivity contribution in [1.29, 1.82) is 0 Å². The molecule has 254 valence electrons. The second kappa shape index (κ2) is 15.5. The Balaban J connectivity index is 1.36. The molecule has 2 aromatic heterocycles. The second-order valence-corrected chi connectivity index (χ2v) is 11.9. The number of ether oxygens (including phenoxy) is 2. The summed E-state index contributed by atoms with van der Waals surface area (Å²) >= 11 is 13.9. The van der Waals surface area contributed by atoms with E-state index in [2.05, 4.69) is 25.6 Å². The third kappa shape index (κ3) is 8.15. The van der Waals surface area contributed by atoms with Crippen molar-refractivity contribution in [1.82, 2.24) is 30.6 Å². The van der Waals surface area contributed by atoms with E-state index in [4.69, 9.17) is 37.7 Å². The highest BCUT2D eigenvalue weighted by atomic mass is 35.5. The zero-order valence-electron chi connectivity index (χ0n) is 26.1. The molecule has 0 aliphatic carbocycles. The van der Waals surface area contributed by atoms with Crippen molar-refractivity contribution >= 4 is 29.1 Å². The fraction of sp³-hybridized carbons (Fsp3) is 0.364. The van der Waals surface area contributed by atoms with Gasteiger partial charge in [-0.3, -0.25) is 14.8 Å². The first kappa shape index (κ1) is 35.3. The highest BCUT2D eigenvalue weighted by Crippen LogP contribution is 2.42. The first-order valence-corrected chi connectivity index (χ1v) is 15.9. The van der Waals surface area contributed by atoms with Crippen LogP contribution in [0.15, 0.2) is 48.8 Å². The van der Waals surface area contributed by atoms with Gasteiger partial charge in [0, 0.05) is 47.8 Å². The SMILES string of the molecule is COc1nc(-c2cccc(-c3cccc(-c4cnc(CNCC(O)C(F)(F)F)c(OC)n4)c3Cl)c2Cl)cnc1CCC[C@@H]1CCC(=O)N1. The topological polar surface area (TPSA) is 131 Å². The zero-order valence-corrected chi connectivity index (χ0v) is 27.6. The molecule has 1 fully saturated rings. The van der Waals surface area contributed by atoms with Gasteiger partial charge in [-0.1, -0.05) is 59.6 Å². The number of halogens is 5. The molecule has 48 heavy (non-hydrogen) atoms. The lowest BCUT2D eigenvalue weighted by molar-refractivity contribution is -0.201. The normalized spacial score (nSPS) is 15.3. The number of carbonyl (C=O) groups excluding carboxylic acids is 1. The Morgan fingerprint density at radius 1 is 0.938 bits per heavy atom. The Morgan fingerprint density at radius 2 is 1.48 bits per heavy atom. The molecule has 10 nitrogen and oxygen atoms in total. The van der Waals surface area contributed by atoms with Crippen LogP contribution in [0.5, 0.6) is 11.8 Å². The van der Waals surface area contributed by atoms with E-state index in [1.165, 1.54) is 20.4 Å². The molecular formula is C33H33Cl2F3N6O4. The number of nitrogens with zero attached hydrogens (tertiary/aromatic N) is 4. The molecule has 0 radical (unpaired) electrons. The largest absolute Gasteiger partial charge is 0.480 e. The minimum Gasteiger partial charge on any atom is -0.480 e. The maximum atomic E-state index is 12.6. The van der Waals surface area contributed by atoms with Crippen molar-refractivity contribution < 1.29 is 32.5 Å². The van der Waals surface area contributed by atoms with E-state index in [0.717, 1.165) is 19.3 Å². The van der Waals surface area contributed by atoms with Crippen molar-refractivity contribution in [3.05, 3.63) is 70.2 Å². The molecule has 0 saturated carbocycles. The molecular weight excluding hydrogens is 672 g/mol. The molecule has 5 rings (SSSR count). The summed E-state index contributed by atoms with van der Waals surface area (Å²) < 4.78 is 48.8. The summed E-state index contributed by atoms with van der Waals surface area (Å²) in [7, 11) is 2.91. The molecule has 4 aromatic rings. The Bertz CT molecular complexity index is 1780. The van der Waals surface area contributed by atoms with Crippen LogP contribution in [0.1, 0.15) is 37.1 Å². The number of nitrogens with one attached hydrogen (secondary N) is 2. The average molecular weight is 706 g/mol. The van der Waals surface area contributed by atoms with Crippen molar-refractivity contribution in [2.75, 3.05) is 20.8 Å². The predicted molar refractivity (Wildman–Crippen MR) is 175 cm³/mol. The number of rotatable bonds is 13. The van der Waals surface area contributed by atoms with Gasteiger partial charge in [0.15, 0.2) is 6.10 Å². The Labute approximate surface area is 285 Å². The lowest BCUT2D eigenvalue weighted by Crippen LogP contribution is -2.38. The average Bonchev–Trinajstić information content (AvgIpc) is 3.49. The maximum Gasteiger partial charge on any atom is 0.415 e. The highest BCUT2D eigenvalue weighted by molar-refractivity contribution is 6.39. The number of hydrogen-bond acceptors (Lipinski definition) is 9. The number of amides is 1. The molecule has 0 spiro atoms. The van der Waals surface area contributed by atoms with Gasteiger partial charge in [-0.15, -0.1) is 0 Å². The second-order valence-electron chi connectivity index (χ2n) is 11.1. The van der Waals surface area contributed by atoms with Gasteiger partial charge in [-0.25, -0.2) is 9.97 Å². The van der Waals surface area contributed by atoms with Crippen LogP contribution in [0.2, 0.25) is 10.0 Å². The summed E-state index contributed by atoms with van der Waals surface area (Å²) in [5.74, 6) is 0.576. The van der Waals surface area contributed by atoms with Crippen LogP contribution >= 0.6 is 23.2 Å². The van der Waals surface area contributed by atoms with E-state index < -0.39 is 18.8 Å². The van der Waals surface area contributed by atoms with Crippen molar-refractivity contribution in [3.8, 4) is 45.4 Å². The van der Waals surface area contributed by atoms with Crippen LogP contribution in [0, 0.1) is 0 Å². The molecule has 1 aliphatic rings. The Hall–Kier alpha value is -4.04. The van der Waals surface area contributed by atoms with E-state index in [1.54, 1.807) is 18.3 Å². The summed E-state index contributed by atoms with van der Waals surface area (Å²) in [6.07, 6.45) is -0.430. The smallest absolute Gasteiger partial charge is 0.415 e. The van der Waals surface area contributed by atoms with Gasteiger partial charge < -0.3 is 25.2 Å². The number of hydrogen-bond donors (Lipinski definition) is 3. The molecule has 2 atom stereocenters. The zero-order chi connectivity index (χ0) is 34.4. The van der Waals surface area contributed by atoms with E-state index in [1.807, 2.05) is 24.3 Å². The quantitative estimate of drug-likeness (QED) is 0.149. The molecule has 2 aromatic carbocycles. The van der Waals surface area contributed by atoms with Gasteiger partial charge in [0.05, 0.1) is 48.0 Å². The van der Waals surface area contributed by atoms with Crippen LogP contribution in [0.25, 0.3) is 33.6 Å². The summed E-state index contributed by atoms with van der Waals surface area (Å²) in [4.78, 5) is 29.6. The number of aliphatic hydroxyl groups excluding tert-OH is 1. The highest BCUT2D eigenvalue weighted by Gasteiger charge is 2.37. The van der Waals surface area contributed by atoms with Crippen LogP contribution in [0.3, 0.4) is 0 Å². The number of carbonyl (C=O) groups is 1. The van der Waals surface area contributed by atoms with Crippen molar-refractivity contribution in [3.63, 3.8) is 0 Å². The van der Waals surface area contributed by atoms with Crippen LogP contribution in [-0.4, -0.2) is 70.0 Å². The molecule has 1 amide bonds. The molecule has 1 saturated heterocycles. The third-order valence-corrected chi connectivity index (χ3v) is 8.72. The summed E-state index contributed by atoms with van der Waals surface area (Å²) in [5, 5.41) is 15.5. The first-order valence-electron chi connectivity index (χ1n) is 15.1. The van der Waals surface area contributed by atoms with E-state index >= 15 is 0 Å². The van der Waals surface area contributed by atoms with E-state index in [9.17, 15) is 23.1 Å². The van der Waals surface area contributed by atoms with Gasteiger partial charge in [0.1, 0.15) is 11.4 Å². The number of benzene rings is 2. The lowest BCUT2D eigenvalue weighted by Gasteiger charge is -2.16. The fourth-order valence-electron chi connectivity index (χ4n) is 5.40. The Morgan fingerprint density at radius 3 is 2.00 bits per heavy atom. The predicted octanol–water partition coefficient (Wildman–Crippen LogP) is 6.21. The van der Waals surface area contributed by atoms with Crippen LogP contribution < -0.4 is 20.1 Å². The number of aliphatic hydroxyl groups is 1. The molecule has 3 N–H and O–H groups in total. The first-order chi connectivity index (χ1) is 23.0. The number of methoxy groups -OCH3 is 2. The molecule has 15 heteroatoms. The van der Waals surface area contributed by atoms with Gasteiger partial charge in [-0.05, 0) is 25.7 Å². The van der Waals surface area contributed by atoms with Crippen LogP contribution in [-0.2, 0) is 17.8 Å². The van der Waals surface area contributed by atoms with Crippen molar-refractivity contribution in [2.24, 2.45) is 0 Å². The van der Waals surface area contributed by atoms with Gasteiger partial charge in [0.2, 0.25) is 17.7 Å². The van der Waals surface area contributed by atoms with Crippen LogP contribution in [0.4, 0.5) is 13.2 Å². The van der Waals surface area contributed by atoms with Gasteiger partial charge >= 0.3 is 6.18 Å². The maximum absolute atomic E-state index is 12.6. The van der Waals surface area contributed by atoms with Gasteiger partial charge in [-0.2, -0.15) is 13.2 Å². The monoisotopic (exact) mass is 704 g/mol. The molecule has 1 unspecified atom stereocenters. The standard InChI is InChI=1S/C33H33Cl2F3N6O4/c1-47-31-23(11-3-6-18-12-13-28(46)42-18)40-15-24(43-31)21-9-4-7-19(29(21)34)20-8-5-10-22(30(20)35)25-16-41-26(32(44-25)48-2)14-39-17-27(45)33(36,37)38/h4-5,7-10,15-16,18,27,39,45H,3,6,11-14,17H2,1-2H3,(H,42,46)/t18-,27?/m1/s1. The number of aromatic nitrogens is 4. The minimum atomic E-state index is -4.74. The van der Waals surface area contributed by atoms with Crippen molar-refractivity contribution in [2.45, 2.75) is 57.0 Å². The third-order valence-electron chi connectivity index (χ3n) is 7.91. The summed E-state index contributed by atoms with van der Waals surface area (Å²) in [5.41, 5.74) is 4.24. The fourth-order valence-corrected chi connectivity index (χ4v) is 6.05. The van der Waals surface area contributed by atoms with E-state index in [0.29, 0.717) is 68.1 Å². The van der Waals surface area contributed by atoms with E-state index in [-0.39, 0.29) is 30.1 Å². The molecule has 1 aliphatic heterocycles. The number of alkyl halides is 3. The minimum absolute atomic E-state index is 0.0873. The lowest BCUT2D eigenvalue weighted by atomic mass is 9.98. The molecule has 0 bridgehead atoms. The summed E-state index contributed by atoms with van der Waals surface area (Å²) in [6.45, 7) is -0.830. The number of aryl methyl sites for hydroxylation is 1. The van der Waals surface area contributed by atoms with Gasteiger partial charge in [0.25, 0.3) is 0 Å². The molecule has 3 heterocycles.